The van der Waals surface area contributed by atoms with Gasteiger partial charge in [-0.3, -0.25) is 4.98 Å². The molecule has 0 aliphatic carbocycles. The molecule has 0 spiro atoms. The van der Waals surface area contributed by atoms with E-state index < -0.39 is 0 Å². The van der Waals surface area contributed by atoms with Crippen LogP contribution in [0.1, 0.15) is 12.0 Å². The van der Waals surface area contributed by atoms with Crippen LogP contribution >= 0.6 is 0 Å². The highest BCUT2D eigenvalue weighted by atomic mass is 16.7. The van der Waals surface area contributed by atoms with E-state index in [1.165, 1.54) is 0 Å². The molecular formula is C14H14N2O2. The highest BCUT2D eigenvalue weighted by Gasteiger charge is 2.20. The van der Waals surface area contributed by atoms with Crippen molar-refractivity contribution in [3.05, 3.63) is 48.3 Å². The summed E-state index contributed by atoms with van der Waals surface area (Å²) in [5, 5.41) is 0. The molecule has 0 bridgehead atoms. The Bertz CT molecular complexity index is 551. The van der Waals surface area contributed by atoms with Crippen LogP contribution in [-0.2, 0) is 9.47 Å². The van der Waals surface area contributed by atoms with Crippen molar-refractivity contribution >= 4 is 5.69 Å². The molecule has 1 aromatic heterocycles. The van der Waals surface area contributed by atoms with Crippen LogP contribution < -0.4 is 5.73 Å². The van der Waals surface area contributed by atoms with Gasteiger partial charge in [0.05, 0.1) is 18.9 Å². The molecule has 4 heteroatoms. The molecule has 2 aromatic rings. The molecular weight excluding hydrogens is 228 g/mol. The van der Waals surface area contributed by atoms with Gasteiger partial charge in [0.1, 0.15) is 0 Å². The summed E-state index contributed by atoms with van der Waals surface area (Å²) in [6.07, 6.45) is 1.40. The summed E-state index contributed by atoms with van der Waals surface area (Å²) in [5.41, 5.74) is 9.54. The van der Waals surface area contributed by atoms with Crippen molar-refractivity contribution in [2.24, 2.45) is 0 Å². The Kier molecular flexibility index (Phi) is 2.96. The normalized spacial score (nSPS) is 16.0. The van der Waals surface area contributed by atoms with Crippen molar-refractivity contribution in [3.8, 4) is 11.1 Å². The van der Waals surface area contributed by atoms with Crippen LogP contribution in [0.25, 0.3) is 11.1 Å². The third-order valence-electron chi connectivity index (χ3n) is 2.92. The monoisotopic (exact) mass is 242 g/mol. The van der Waals surface area contributed by atoms with E-state index in [2.05, 4.69) is 4.98 Å². The Morgan fingerprint density at radius 3 is 2.67 bits per heavy atom. The smallest absolute Gasteiger partial charge is 0.201 e. The van der Waals surface area contributed by atoms with Crippen LogP contribution in [0.4, 0.5) is 5.69 Å². The average Bonchev–Trinajstić information content (AvgIpc) is 2.93. The minimum absolute atomic E-state index is 0.352. The van der Waals surface area contributed by atoms with Gasteiger partial charge >= 0.3 is 0 Å². The second kappa shape index (κ2) is 4.76. The standard InChI is InChI=1S/C14H14N2O2/c15-12-4-2-1-3-11(12)10-5-6-16-13(9-10)14-17-7-8-18-14/h1-6,9,14H,7-8,15H2. The number of pyridine rings is 1. The van der Waals surface area contributed by atoms with Crippen LogP contribution in [0.2, 0.25) is 0 Å². The number of nitrogen functional groups attached to an aromatic ring is 1. The first-order valence-electron chi connectivity index (χ1n) is 5.88. The molecule has 0 saturated carbocycles. The fourth-order valence-corrected chi connectivity index (χ4v) is 2.03. The third kappa shape index (κ3) is 2.08. The number of nitrogens with zero attached hydrogens (tertiary/aromatic N) is 1. The second-order valence-electron chi connectivity index (χ2n) is 4.13. The Morgan fingerprint density at radius 1 is 1.11 bits per heavy atom. The van der Waals surface area contributed by atoms with Crippen molar-refractivity contribution in [2.75, 3.05) is 18.9 Å². The SMILES string of the molecule is Nc1ccccc1-c1ccnc(C2OCCO2)c1. The molecule has 1 aromatic carbocycles. The van der Waals surface area contributed by atoms with E-state index in [4.69, 9.17) is 15.2 Å². The van der Waals surface area contributed by atoms with Crippen LogP contribution in [0.3, 0.4) is 0 Å². The van der Waals surface area contributed by atoms with Crippen LogP contribution in [-0.4, -0.2) is 18.2 Å². The highest BCUT2D eigenvalue weighted by Crippen LogP contribution is 2.29. The van der Waals surface area contributed by atoms with E-state index in [1.54, 1.807) is 6.20 Å². The zero-order valence-electron chi connectivity index (χ0n) is 9.87. The van der Waals surface area contributed by atoms with Crippen molar-refractivity contribution < 1.29 is 9.47 Å². The molecule has 0 radical (unpaired) electrons. The van der Waals surface area contributed by atoms with E-state index in [1.807, 2.05) is 36.4 Å². The number of hydrogen-bond donors (Lipinski definition) is 1. The molecule has 0 unspecified atom stereocenters. The van der Waals surface area contributed by atoms with Crippen LogP contribution in [0.5, 0.6) is 0 Å². The Balaban J connectivity index is 1.98. The number of ether oxygens (including phenoxy) is 2. The van der Waals surface area contributed by atoms with Crippen molar-refractivity contribution in [1.82, 2.24) is 4.98 Å². The highest BCUT2D eigenvalue weighted by molar-refractivity contribution is 5.76. The minimum atomic E-state index is -0.352. The predicted octanol–water partition coefficient (Wildman–Crippen LogP) is 2.38. The van der Waals surface area contributed by atoms with Gasteiger partial charge in [0.15, 0.2) is 0 Å². The van der Waals surface area contributed by atoms with E-state index in [0.29, 0.717) is 13.2 Å². The summed E-state index contributed by atoms with van der Waals surface area (Å²) in [6, 6.07) is 11.7. The average molecular weight is 242 g/mol. The van der Waals surface area contributed by atoms with Gasteiger partial charge < -0.3 is 15.2 Å². The molecule has 1 fully saturated rings. The summed E-state index contributed by atoms with van der Waals surface area (Å²) in [5.74, 6) is 0. The maximum absolute atomic E-state index is 5.97. The van der Waals surface area contributed by atoms with Crippen LogP contribution in [0.15, 0.2) is 42.6 Å². The minimum Gasteiger partial charge on any atom is -0.398 e. The first-order valence-corrected chi connectivity index (χ1v) is 5.88. The lowest BCUT2D eigenvalue weighted by atomic mass is 10.0. The van der Waals surface area contributed by atoms with Gasteiger partial charge in [-0.2, -0.15) is 0 Å². The summed E-state index contributed by atoms with van der Waals surface area (Å²) >= 11 is 0. The van der Waals surface area contributed by atoms with E-state index in [-0.39, 0.29) is 6.29 Å². The number of benzene rings is 1. The molecule has 92 valence electrons. The second-order valence-corrected chi connectivity index (χ2v) is 4.13. The van der Waals surface area contributed by atoms with E-state index in [9.17, 15) is 0 Å². The summed E-state index contributed by atoms with van der Waals surface area (Å²) in [4.78, 5) is 4.29. The third-order valence-corrected chi connectivity index (χ3v) is 2.92. The molecule has 3 rings (SSSR count). The number of aromatic nitrogens is 1. The van der Waals surface area contributed by atoms with Gasteiger partial charge in [0, 0.05) is 17.4 Å². The molecule has 1 aliphatic heterocycles. The molecule has 2 heterocycles. The number of para-hydroxylation sites is 1. The van der Waals surface area contributed by atoms with Crippen molar-refractivity contribution in [3.63, 3.8) is 0 Å². The van der Waals surface area contributed by atoms with Gasteiger partial charge in [0.25, 0.3) is 0 Å². The van der Waals surface area contributed by atoms with Gasteiger partial charge in [0.2, 0.25) is 6.29 Å². The van der Waals surface area contributed by atoms with Gasteiger partial charge in [-0.15, -0.1) is 0 Å². The lowest BCUT2D eigenvalue weighted by Gasteiger charge is -2.11. The first-order chi connectivity index (χ1) is 8.84. The first kappa shape index (κ1) is 11.2. The predicted molar refractivity (Wildman–Crippen MR) is 68.7 cm³/mol. The van der Waals surface area contributed by atoms with Gasteiger partial charge in [-0.05, 0) is 23.8 Å². The fourth-order valence-electron chi connectivity index (χ4n) is 2.03. The Hall–Kier alpha value is -1.91. The van der Waals surface area contributed by atoms with Crippen molar-refractivity contribution in [2.45, 2.75) is 6.29 Å². The summed E-state index contributed by atoms with van der Waals surface area (Å²) < 4.78 is 10.9. The molecule has 4 nitrogen and oxygen atoms in total. The maximum Gasteiger partial charge on any atom is 0.201 e. The van der Waals surface area contributed by atoms with E-state index >= 15 is 0 Å². The number of nitrogens with two attached hydrogens (primary N) is 1. The largest absolute Gasteiger partial charge is 0.398 e. The number of anilines is 1. The molecule has 18 heavy (non-hydrogen) atoms. The lowest BCUT2D eigenvalue weighted by molar-refractivity contribution is -0.0472. The maximum atomic E-state index is 5.97. The quantitative estimate of drug-likeness (QED) is 0.821. The van der Waals surface area contributed by atoms with Gasteiger partial charge in [-0.1, -0.05) is 18.2 Å². The zero-order chi connectivity index (χ0) is 12.4. The molecule has 1 saturated heterocycles. The molecule has 2 N–H and O–H groups in total. The molecule has 1 aliphatic rings. The summed E-state index contributed by atoms with van der Waals surface area (Å²) in [7, 11) is 0. The lowest BCUT2D eigenvalue weighted by Crippen LogP contribution is -2.01. The van der Waals surface area contributed by atoms with Gasteiger partial charge in [-0.25, -0.2) is 0 Å². The van der Waals surface area contributed by atoms with Crippen LogP contribution in [0, 0.1) is 0 Å². The topological polar surface area (TPSA) is 57.4 Å². The fraction of sp³-hybridized carbons (Fsp3) is 0.214. The Morgan fingerprint density at radius 2 is 1.89 bits per heavy atom. The molecule has 0 amide bonds. The molecule has 0 atom stereocenters. The van der Waals surface area contributed by atoms with E-state index in [0.717, 1.165) is 22.5 Å². The zero-order valence-corrected chi connectivity index (χ0v) is 9.87. The summed E-state index contributed by atoms with van der Waals surface area (Å²) in [6.45, 7) is 1.23. The number of rotatable bonds is 2. The number of hydrogen-bond acceptors (Lipinski definition) is 4. The van der Waals surface area contributed by atoms with Crippen molar-refractivity contribution in [1.29, 1.82) is 0 Å². The Labute approximate surface area is 105 Å².